The van der Waals surface area contributed by atoms with Gasteiger partial charge >= 0.3 is 0 Å². The number of amides is 1. The first kappa shape index (κ1) is 23.1. The van der Waals surface area contributed by atoms with Crippen LogP contribution >= 0.6 is 0 Å². The van der Waals surface area contributed by atoms with Crippen molar-refractivity contribution in [2.45, 2.75) is 32.1 Å². The minimum Gasteiger partial charge on any atom is -0.497 e. The molecule has 1 aliphatic carbocycles. The van der Waals surface area contributed by atoms with E-state index in [-0.39, 0.29) is 17.2 Å². The molecule has 0 bridgehead atoms. The molecule has 1 amide bonds. The molecule has 1 spiro atoms. The van der Waals surface area contributed by atoms with E-state index < -0.39 is 0 Å². The fourth-order valence-corrected chi connectivity index (χ4v) is 5.49. The summed E-state index contributed by atoms with van der Waals surface area (Å²) in [5.74, 6) is 3.35. The molecule has 8 nitrogen and oxygen atoms in total. The van der Waals surface area contributed by atoms with Crippen molar-refractivity contribution >= 4 is 23.2 Å². The number of rotatable bonds is 6. The molecule has 3 heterocycles. The van der Waals surface area contributed by atoms with E-state index in [1.807, 2.05) is 42.5 Å². The van der Waals surface area contributed by atoms with Crippen molar-refractivity contribution in [2.24, 2.45) is 11.3 Å². The maximum Gasteiger partial charge on any atom is 0.222 e. The van der Waals surface area contributed by atoms with Gasteiger partial charge in [0.15, 0.2) is 5.82 Å². The summed E-state index contributed by atoms with van der Waals surface area (Å²) >= 11 is 0. The molecule has 1 aromatic carbocycles. The van der Waals surface area contributed by atoms with Gasteiger partial charge in [0.1, 0.15) is 17.4 Å². The van der Waals surface area contributed by atoms with Crippen LogP contribution < -0.4 is 20.3 Å². The van der Waals surface area contributed by atoms with Crippen LogP contribution in [0.4, 0.5) is 17.3 Å². The highest BCUT2D eigenvalue weighted by atomic mass is 16.5. The van der Waals surface area contributed by atoms with E-state index in [0.717, 1.165) is 73.8 Å². The third-order valence-corrected chi connectivity index (χ3v) is 7.31. The van der Waals surface area contributed by atoms with E-state index in [4.69, 9.17) is 14.7 Å². The lowest BCUT2D eigenvalue weighted by atomic mass is 9.69. The molecule has 2 fully saturated rings. The number of carbonyl (C=O) groups is 1. The molecule has 1 saturated heterocycles. The zero-order chi connectivity index (χ0) is 24.3. The maximum absolute atomic E-state index is 12.4. The molecule has 3 aromatic rings. The minimum atomic E-state index is 0.109. The number of ether oxygens (including phenoxy) is 1. The lowest BCUT2D eigenvalue weighted by molar-refractivity contribution is -0.126. The zero-order valence-electron chi connectivity index (χ0n) is 20.3. The van der Waals surface area contributed by atoms with Crippen LogP contribution in [0.2, 0.25) is 0 Å². The Hall–Kier alpha value is -3.68. The smallest absolute Gasteiger partial charge is 0.222 e. The minimum absolute atomic E-state index is 0.109. The highest BCUT2D eigenvalue weighted by Gasteiger charge is 2.43. The summed E-state index contributed by atoms with van der Waals surface area (Å²) in [6.07, 6.45) is 8.80. The van der Waals surface area contributed by atoms with Crippen LogP contribution in [0.25, 0.3) is 11.4 Å². The summed E-state index contributed by atoms with van der Waals surface area (Å²) in [5.41, 5.74) is 1.96. The Morgan fingerprint density at radius 3 is 2.77 bits per heavy atom. The van der Waals surface area contributed by atoms with Gasteiger partial charge in [-0.2, -0.15) is 0 Å². The molecule has 5 rings (SSSR count). The van der Waals surface area contributed by atoms with E-state index in [9.17, 15) is 4.79 Å². The molecule has 1 aliphatic heterocycles. The second-order valence-corrected chi connectivity index (χ2v) is 9.61. The van der Waals surface area contributed by atoms with Gasteiger partial charge in [-0.25, -0.2) is 9.97 Å². The van der Waals surface area contributed by atoms with Crippen molar-refractivity contribution in [1.29, 1.82) is 0 Å². The normalized spacial score (nSPS) is 21.7. The predicted molar refractivity (Wildman–Crippen MR) is 137 cm³/mol. The van der Waals surface area contributed by atoms with Crippen LogP contribution in [0.15, 0.2) is 54.9 Å². The summed E-state index contributed by atoms with van der Waals surface area (Å²) in [5, 5.41) is 6.28. The van der Waals surface area contributed by atoms with E-state index in [2.05, 4.69) is 20.5 Å². The van der Waals surface area contributed by atoms with E-state index in [1.54, 1.807) is 26.6 Å². The second-order valence-electron chi connectivity index (χ2n) is 9.61. The van der Waals surface area contributed by atoms with Gasteiger partial charge < -0.3 is 20.3 Å². The zero-order valence-corrected chi connectivity index (χ0v) is 20.3. The first-order valence-corrected chi connectivity index (χ1v) is 12.2. The Bertz CT molecular complexity index is 1170. The number of carbonyl (C=O) groups excluding carboxylic acids is 1. The van der Waals surface area contributed by atoms with Crippen LogP contribution in [-0.2, 0) is 4.79 Å². The van der Waals surface area contributed by atoms with Crippen LogP contribution in [0.5, 0.6) is 5.75 Å². The number of pyridine rings is 1. The number of benzene rings is 1. The number of hydrogen-bond acceptors (Lipinski definition) is 7. The summed E-state index contributed by atoms with van der Waals surface area (Å²) in [4.78, 5) is 28.7. The van der Waals surface area contributed by atoms with E-state index in [1.165, 1.54) is 0 Å². The number of nitrogens with zero attached hydrogens (tertiary/aromatic N) is 4. The molecule has 1 saturated carbocycles. The lowest BCUT2D eigenvalue weighted by Crippen LogP contribution is -2.38. The van der Waals surface area contributed by atoms with Crippen LogP contribution in [0.3, 0.4) is 0 Å². The van der Waals surface area contributed by atoms with Gasteiger partial charge in [-0.15, -0.1) is 0 Å². The fraction of sp³-hybridized carbons (Fsp3) is 0.407. The maximum atomic E-state index is 12.4. The Balaban J connectivity index is 1.43. The van der Waals surface area contributed by atoms with Gasteiger partial charge in [-0.3, -0.25) is 9.78 Å². The average Bonchev–Trinajstić information content (AvgIpc) is 3.32. The van der Waals surface area contributed by atoms with Crippen molar-refractivity contribution < 1.29 is 9.53 Å². The molecular weight excluding hydrogens is 440 g/mol. The summed E-state index contributed by atoms with van der Waals surface area (Å²) in [6, 6.07) is 13.7. The highest BCUT2D eigenvalue weighted by Crippen LogP contribution is 2.47. The Morgan fingerprint density at radius 1 is 1.17 bits per heavy atom. The van der Waals surface area contributed by atoms with Gasteiger partial charge in [-0.05, 0) is 67.5 Å². The SMILES string of the molecule is CNC(=O)C1CCCC2(CCN(c3cc(Nc4ccc(OC)cc4)nc(-c4cccnc4)n3)C2)C1. The molecule has 2 atom stereocenters. The Morgan fingerprint density at radius 2 is 2.03 bits per heavy atom. The molecule has 2 unspecified atom stereocenters. The Labute approximate surface area is 206 Å². The molecule has 35 heavy (non-hydrogen) atoms. The third kappa shape index (κ3) is 5.06. The Kier molecular flexibility index (Phi) is 6.53. The lowest BCUT2D eigenvalue weighted by Gasteiger charge is -2.37. The van der Waals surface area contributed by atoms with Crippen LogP contribution in [0, 0.1) is 11.3 Å². The highest BCUT2D eigenvalue weighted by molar-refractivity contribution is 5.78. The molecule has 182 valence electrons. The molecule has 2 aromatic heterocycles. The van der Waals surface area contributed by atoms with Crippen LogP contribution in [0.1, 0.15) is 32.1 Å². The number of aromatic nitrogens is 3. The van der Waals surface area contributed by atoms with Gasteiger partial charge in [0.05, 0.1) is 7.11 Å². The standard InChI is InChI=1S/C27H32N6O2/c1-28-26(34)19-5-3-11-27(16-19)12-14-33(18-27)24-15-23(30-21-7-9-22(35-2)10-8-21)31-25(32-24)20-6-4-13-29-17-20/h4,6-10,13,15,17,19H,3,5,11-12,14,16,18H2,1-2H3,(H,28,34)(H,30,31,32). The third-order valence-electron chi connectivity index (χ3n) is 7.31. The van der Waals surface area contributed by atoms with E-state index in [0.29, 0.717) is 5.82 Å². The molecule has 2 N–H and O–H groups in total. The summed E-state index contributed by atoms with van der Waals surface area (Å²) < 4.78 is 5.28. The van der Waals surface area contributed by atoms with Crippen molar-refractivity contribution in [3.63, 3.8) is 0 Å². The molecule has 8 heteroatoms. The van der Waals surface area contributed by atoms with Crippen molar-refractivity contribution in [3.8, 4) is 17.1 Å². The topological polar surface area (TPSA) is 92.3 Å². The number of methoxy groups -OCH3 is 1. The van der Waals surface area contributed by atoms with Crippen LogP contribution in [-0.4, -0.2) is 48.1 Å². The fourth-order valence-electron chi connectivity index (χ4n) is 5.49. The molecule has 0 radical (unpaired) electrons. The second kappa shape index (κ2) is 9.90. The van der Waals surface area contributed by atoms with Crippen molar-refractivity contribution in [2.75, 3.05) is 37.5 Å². The molecular formula is C27H32N6O2. The van der Waals surface area contributed by atoms with E-state index >= 15 is 0 Å². The van der Waals surface area contributed by atoms with Gasteiger partial charge in [0.2, 0.25) is 5.91 Å². The first-order valence-electron chi connectivity index (χ1n) is 12.2. The predicted octanol–water partition coefficient (Wildman–Crippen LogP) is 4.42. The first-order chi connectivity index (χ1) is 17.1. The average molecular weight is 473 g/mol. The number of hydrogen-bond donors (Lipinski definition) is 2. The number of anilines is 3. The molecule has 2 aliphatic rings. The van der Waals surface area contributed by atoms with Gasteiger partial charge in [0.25, 0.3) is 0 Å². The van der Waals surface area contributed by atoms with Gasteiger partial charge in [-0.1, -0.05) is 6.42 Å². The largest absolute Gasteiger partial charge is 0.497 e. The quantitative estimate of drug-likeness (QED) is 0.548. The van der Waals surface area contributed by atoms with Crippen molar-refractivity contribution in [3.05, 3.63) is 54.9 Å². The summed E-state index contributed by atoms with van der Waals surface area (Å²) in [7, 11) is 3.40. The monoisotopic (exact) mass is 472 g/mol. The van der Waals surface area contributed by atoms with Gasteiger partial charge in [0, 0.05) is 55.8 Å². The number of nitrogens with one attached hydrogen (secondary N) is 2. The summed E-state index contributed by atoms with van der Waals surface area (Å²) in [6.45, 7) is 1.83. The van der Waals surface area contributed by atoms with Crippen molar-refractivity contribution in [1.82, 2.24) is 20.3 Å².